The number of likely N-dealkylation sites (N-methyl/N-ethyl adjacent to an activating group) is 1. The Labute approximate surface area is 197 Å². The van der Waals surface area contributed by atoms with E-state index in [1.807, 2.05) is 19.1 Å². The van der Waals surface area contributed by atoms with E-state index in [2.05, 4.69) is 15.6 Å². The van der Waals surface area contributed by atoms with Gasteiger partial charge in [-0.15, -0.1) is 0 Å². The predicted octanol–water partition coefficient (Wildman–Crippen LogP) is 4.16. The first-order valence-electron chi connectivity index (χ1n) is 12.7. The number of aromatic nitrogens is 1. The topological polar surface area (TPSA) is 98.2 Å². The first-order valence-corrected chi connectivity index (χ1v) is 12.7. The molecule has 2 amide bonds. The fourth-order valence-corrected chi connectivity index (χ4v) is 6.09. The summed E-state index contributed by atoms with van der Waals surface area (Å²) in [5.74, 6) is 1.24. The Morgan fingerprint density at radius 2 is 1.94 bits per heavy atom. The van der Waals surface area contributed by atoms with Gasteiger partial charge in [-0.1, -0.05) is 44.9 Å². The SMILES string of the molecule is Cc1ccc(C(=O)NC2CCC[C@H](C[C@@]3(CCC4CCCCC4)NC(=N)N(C)C3=O)C2)cn1. The maximum atomic E-state index is 13.3. The van der Waals surface area contributed by atoms with Crippen LogP contribution in [0, 0.1) is 24.2 Å². The van der Waals surface area contributed by atoms with Crippen molar-refractivity contribution < 1.29 is 9.59 Å². The molecular formula is C26H39N5O2. The fourth-order valence-electron chi connectivity index (χ4n) is 6.09. The largest absolute Gasteiger partial charge is 0.349 e. The van der Waals surface area contributed by atoms with Gasteiger partial charge < -0.3 is 10.6 Å². The Bertz CT molecular complexity index is 864. The number of pyridine rings is 1. The number of nitrogens with one attached hydrogen (secondary N) is 3. The number of carbonyl (C=O) groups is 2. The van der Waals surface area contributed by atoms with Crippen LogP contribution in [0.25, 0.3) is 0 Å². The minimum absolute atomic E-state index is 0.0419. The van der Waals surface area contributed by atoms with Crippen LogP contribution in [0.4, 0.5) is 0 Å². The minimum Gasteiger partial charge on any atom is -0.349 e. The summed E-state index contributed by atoms with van der Waals surface area (Å²) < 4.78 is 0. The van der Waals surface area contributed by atoms with Gasteiger partial charge in [-0.25, -0.2) is 0 Å². The van der Waals surface area contributed by atoms with Gasteiger partial charge in [0.2, 0.25) is 0 Å². The van der Waals surface area contributed by atoms with E-state index in [9.17, 15) is 9.59 Å². The number of aryl methyl sites for hydroxylation is 1. The zero-order chi connectivity index (χ0) is 23.4. The second kappa shape index (κ2) is 10.2. The van der Waals surface area contributed by atoms with E-state index in [1.165, 1.54) is 37.0 Å². The quantitative estimate of drug-likeness (QED) is 0.577. The molecule has 7 nitrogen and oxygen atoms in total. The molecule has 7 heteroatoms. The molecule has 2 saturated carbocycles. The van der Waals surface area contributed by atoms with Crippen LogP contribution in [-0.4, -0.2) is 46.3 Å². The van der Waals surface area contributed by atoms with Crippen LogP contribution in [0.15, 0.2) is 18.3 Å². The molecule has 1 aliphatic heterocycles. The van der Waals surface area contributed by atoms with Crippen molar-refractivity contribution in [2.24, 2.45) is 11.8 Å². The van der Waals surface area contributed by atoms with Crippen LogP contribution in [0.5, 0.6) is 0 Å². The van der Waals surface area contributed by atoms with E-state index in [0.29, 0.717) is 17.4 Å². The van der Waals surface area contributed by atoms with Crippen molar-refractivity contribution in [3.05, 3.63) is 29.6 Å². The van der Waals surface area contributed by atoms with Gasteiger partial charge in [0.05, 0.1) is 5.56 Å². The standard InChI is InChI=1S/C26H39N5O2/c1-18-11-12-21(17-28-18)23(32)29-22-10-6-9-20(15-22)16-26(24(33)31(2)25(27)30-26)14-13-19-7-4-3-5-8-19/h11-12,17,19-20,22H,3-10,13-16H2,1-2H3,(H2,27,30)(H,29,32)/t20-,22?,26+/m0/s1. The van der Waals surface area contributed by atoms with Crippen LogP contribution in [0.1, 0.15) is 93.1 Å². The predicted molar refractivity (Wildman–Crippen MR) is 129 cm³/mol. The molecule has 180 valence electrons. The van der Waals surface area contributed by atoms with E-state index in [0.717, 1.165) is 50.6 Å². The molecule has 3 fully saturated rings. The molecule has 1 saturated heterocycles. The molecule has 1 unspecified atom stereocenters. The molecule has 33 heavy (non-hydrogen) atoms. The summed E-state index contributed by atoms with van der Waals surface area (Å²) in [5, 5.41) is 14.8. The zero-order valence-electron chi connectivity index (χ0n) is 20.2. The Morgan fingerprint density at radius 1 is 1.18 bits per heavy atom. The van der Waals surface area contributed by atoms with E-state index in [-0.39, 0.29) is 23.8 Å². The summed E-state index contributed by atoms with van der Waals surface area (Å²) in [7, 11) is 1.71. The summed E-state index contributed by atoms with van der Waals surface area (Å²) >= 11 is 0. The lowest BCUT2D eigenvalue weighted by Crippen LogP contribution is -2.50. The van der Waals surface area contributed by atoms with Gasteiger partial charge in [-0.05, 0) is 63.0 Å². The lowest BCUT2D eigenvalue weighted by molar-refractivity contribution is -0.131. The summed E-state index contributed by atoms with van der Waals surface area (Å²) in [6.45, 7) is 1.91. The highest BCUT2D eigenvalue weighted by Gasteiger charge is 2.49. The van der Waals surface area contributed by atoms with Gasteiger partial charge >= 0.3 is 0 Å². The number of amides is 2. The van der Waals surface area contributed by atoms with Crippen molar-refractivity contribution in [1.82, 2.24) is 20.5 Å². The third kappa shape index (κ3) is 5.56. The molecule has 2 heterocycles. The number of carbonyl (C=O) groups excluding carboxylic acids is 2. The Balaban J connectivity index is 1.40. The second-order valence-electron chi connectivity index (χ2n) is 10.6. The summed E-state index contributed by atoms with van der Waals surface area (Å²) in [6, 6.07) is 3.79. The van der Waals surface area contributed by atoms with Crippen molar-refractivity contribution in [3.63, 3.8) is 0 Å². The van der Waals surface area contributed by atoms with E-state index in [1.54, 1.807) is 13.2 Å². The highest BCUT2D eigenvalue weighted by atomic mass is 16.2. The second-order valence-corrected chi connectivity index (χ2v) is 10.6. The molecule has 3 N–H and O–H groups in total. The van der Waals surface area contributed by atoms with Crippen LogP contribution >= 0.6 is 0 Å². The van der Waals surface area contributed by atoms with Crippen LogP contribution in [0.2, 0.25) is 0 Å². The van der Waals surface area contributed by atoms with Gasteiger partial charge in [0.25, 0.3) is 11.8 Å². The number of hydrogen-bond donors (Lipinski definition) is 3. The normalized spacial score (nSPS) is 28.6. The Morgan fingerprint density at radius 3 is 2.61 bits per heavy atom. The van der Waals surface area contributed by atoms with E-state index >= 15 is 0 Å². The van der Waals surface area contributed by atoms with E-state index in [4.69, 9.17) is 5.41 Å². The molecule has 1 aromatic rings. The first kappa shape index (κ1) is 23.7. The highest BCUT2D eigenvalue weighted by Crippen LogP contribution is 2.38. The van der Waals surface area contributed by atoms with Crippen molar-refractivity contribution in [3.8, 4) is 0 Å². The Hall–Kier alpha value is -2.44. The van der Waals surface area contributed by atoms with Gasteiger partial charge in [-0.3, -0.25) is 24.9 Å². The maximum absolute atomic E-state index is 13.3. The fraction of sp³-hybridized carbons (Fsp3) is 0.692. The van der Waals surface area contributed by atoms with Crippen molar-refractivity contribution in [2.45, 2.75) is 95.6 Å². The smallest absolute Gasteiger partial charge is 0.254 e. The summed E-state index contributed by atoms with van der Waals surface area (Å²) in [6.07, 6.45) is 14.6. The minimum atomic E-state index is -0.666. The third-order valence-corrected chi connectivity index (χ3v) is 8.04. The monoisotopic (exact) mass is 453 g/mol. The molecule has 2 aliphatic carbocycles. The lowest BCUT2D eigenvalue weighted by atomic mass is 9.74. The molecule has 1 aromatic heterocycles. The van der Waals surface area contributed by atoms with Gasteiger partial charge in [0.1, 0.15) is 5.54 Å². The molecule has 0 spiro atoms. The zero-order valence-corrected chi connectivity index (χ0v) is 20.2. The van der Waals surface area contributed by atoms with Crippen molar-refractivity contribution in [2.75, 3.05) is 7.05 Å². The summed E-state index contributed by atoms with van der Waals surface area (Å²) in [4.78, 5) is 31.7. The number of hydrogen-bond acceptors (Lipinski definition) is 4. The van der Waals surface area contributed by atoms with Crippen LogP contribution < -0.4 is 10.6 Å². The summed E-state index contributed by atoms with van der Waals surface area (Å²) in [5.41, 5.74) is 0.822. The molecule has 0 radical (unpaired) electrons. The third-order valence-electron chi connectivity index (χ3n) is 8.04. The number of nitrogens with zero attached hydrogens (tertiary/aromatic N) is 2. The lowest BCUT2D eigenvalue weighted by Gasteiger charge is -2.36. The van der Waals surface area contributed by atoms with E-state index < -0.39 is 5.54 Å². The average Bonchev–Trinajstić information content (AvgIpc) is 3.02. The van der Waals surface area contributed by atoms with Gasteiger partial charge in [0.15, 0.2) is 5.96 Å². The number of rotatable bonds is 7. The maximum Gasteiger partial charge on any atom is 0.254 e. The number of guanidine groups is 1. The highest BCUT2D eigenvalue weighted by molar-refractivity contribution is 6.07. The molecule has 4 rings (SSSR count). The molecule has 0 bridgehead atoms. The molecular weight excluding hydrogens is 414 g/mol. The molecule has 3 atom stereocenters. The van der Waals surface area contributed by atoms with Gasteiger partial charge in [0, 0.05) is 25.0 Å². The van der Waals surface area contributed by atoms with Crippen molar-refractivity contribution in [1.29, 1.82) is 5.41 Å². The molecule has 0 aromatic carbocycles. The van der Waals surface area contributed by atoms with Crippen LogP contribution in [-0.2, 0) is 4.79 Å². The average molecular weight is 454 g/mol. The Kier molecular flexibility index (Phi) is 7.35. The van der Waals surface area contributed by atoms with Crippen LogP contribution in [0.3, 0.4) is 0 Å². The van der Waals surface area contributed by atoms with Crippen molar-refractivity contribution >= 4 is 17.8 Å². The molecule has 3 aliphatic rings. The van der Waals surface area contributed by atoms with Gasteiger partial charge in [-0.2, -0.15) is 0 Å². The first-order chi connectivity index (χ1) is 15.9.